The molecule has 3 heterocycles. The van der Waals surface area contributed by atoms with Gasteiger partial charge in [-0.2, -0.15) is 0 Å². The number of pyridine rings is 1. The minimum atomic E-state index is 0.240. The number of ether oxygens (including phenoxy) is 1. The van der Waals surface area contributed by atoms with Crippen molar-refractivity contribution in [3.8, 4) is 0 Å². The van der Waals surface area contributed by atoms with E-state index in [1.165, 1.54) is 0 Å². The summed E-state index contributed by atoms with van der Waals surface area (Å²) in [6.07, 6.45) is 3.04. The molecule has 5 heteroatoms. The first-order valence-corrected chi connectivity index (χ1v) is 6.16. The molecule has 2 unspecified atom stereocenters. The normalized spacial score (nSPS) is 25.4. The topological polar surface area (TPSA) is 50.8 Å². The number of halogens is 1. The number of hydrogen-bond acceptors (Lipinski definition) is 3. The summed E-state index contributed by atoms with van der Waals surface area (Å²) in [6.45, 7) is 2.91. The first-order valence-electron chi connectivity index (χ1n) is 5.37. The second-order valence-corrected chi connectivity index (χ2v) is 5.03. The summed E-state index contributed by atoms with van der Waals surface area (Å²) in [5, 5.41) is 0. The van der Waals surface area contributed by atoms with E-state index in [-0.39, 0.29) is 6.10 Å². The van der Waals surface area contributed by atoms with Gasteiger partial charge in [-0.25, -0.2) is 9.97 Å². The molecule has 0 bridgehead atoms. The molecule has 2 atom stereocenters. The Balaban J connectivity index is 2.04. The van der Waals surface area contributed by atoms with Gasteiger partial charge in [0.1, 0.15) is 5.82 Å². The van der Waals surface area contributed by atoms with Gasteiger partial charge in [-0.15, -0.1) is 0 Å². The van der Waals surface area contributed by atoms with E-state index in [2.05, 4.69) is 37.8 Å². The number of fused-ring (bicyclic) bond motifs is 1. The van der Waals surface area contributed by atoms with Gasteiger partial charge >= 0.3 is 0 Å². The molecule has 0 aliphatic carbocycles. The summed E-state index contributed by atoms with van der Waals surface area (Å²) in [7, 11) is 0. The van der Waals surface area contributed by atoms with Crippen LogP contribution in [0.25, 0.3) is 11.2 Å². The predicted octanol–water partition coefficient (Wildman–Crippen LogP) is 2.61. The van der Waals surface area contributed by atoms with Crippen LogP contribution in [0.5, 0.6) is 0 Å². The second kappa shape index (κ2) is 3.82. The van der Waals surface area contributed by atoms with Crippen LogP contribution < -0.4 is 0 Å². The van der Waals surface area contributed by atoms with E-state index in [1.54, 1.807) is 6.20 Å². The molecule has 1 N–H and O–H groups in total. The number of rotatable bonds is 1. The maximum Gasteiger partial charge on any atom is 0.177 e. The summed E-state index contributed by atoms with van der Waals surface area (Å²) in [5.41, 5.74) is 1.75. The van der Waals surface area contributed by atoms with Crippen molar-refractivity contribution < 1.29 is 4.74 Å². The molecule has 0 radical (unpaired) electrons. The number of H-pyrrole nitrogens is 1. The maximum atomic E-state index is 5.55. The highest BCUT2D eigenvalue weighted by Crippen LogP contribution is 2.30. The SMILES string of the molecule is CC1OCCC1c1nc2ncc(Br)cc2[nH]1. The summed E-state index contributed by atoms with van der Waals surface area (Å²) >= 11 is 3.40. The van der Waals surface area contributed by atoms with Crippen molar-refractivity contribution in [3.05, 3.63) is 22.6 Å². The van der Waals surface area contributed by atoms with E-state index in [9.17, 15) is 0 Å². The van der Waals surface area contributed by atoms with E-state index in [0.717, 1.165) is 34.5 Å². The molecule has 0 aromatic carbocycles. The highest BCUT2D eigenvalue weighted by Gasteiger charge is 2.28. The van der Waals surface area contributed by atoms with Crippen LogP contribution in [0.3, 0.4) is 0 Å². The van der Waals surface area contributed by atoms with E-state index in [0.29, 0.717) is 5.92 Å². The first-order chi connectivity index (χ1) is 7.74. The van der Waals surface area contributed by atoms with Gasteiger partial charge in [0.25, 0.3) is 0 Å². The molecule has 2 aromatic rings. The third-order valence-electron chi connectivity index (χ3n) is 3.05. The van der Waals surface area contributed by atoms with Crippen LogP contribution in [0, 0.1) is 0 Å². The molecule has 3 rings (SSSR count). The summed E-state index contributed by atoms with van der Waals surface area (Å²) < 4.78 is 6.51. The van der Waals surface area contributed by atoms with Crippen molar-refractivity contribution in [1.82, 2.24) is 15.0 Å². The Bertz CT molecular complexity index is 525. The number of imidazole rings is 1. The highest BCUT2D eigenvalue weighted by atomic mass is 79.9. The quantitative estimate of drug-likeness (QED) is 0.874. The Hall–Kier alpha value is -0.940. The van der Waals surface area contributed by atoms with Gasteiger partial charge in [0, 0.05) is 23.2 Å². The smallest absolute Gasteiger partial charge is 0.177 e. The van der Waals surface area contributed by atoms with Crippen LogP contribution in [-0.4, -0.2) is 27.7 Å². The lowest BCUT2D eigenvalue weighted by Crippen LogP contribution is -2.10. The molecule has 1 aliphatic heterocycles. The number of aromatic amines is 1. The largest absolute Gasteiger partial charge is 0.378 e. The predicted molar refractivity (Wildman–Crippen MR) is 64.4 cm³/mol. The van der Waals surface area contributed by atoms with Crippen LogP contribution in [0.2, 0.25) is 0 Å². The molecule has 0 amide bonds. The lowest BCUT2D eigenvalue weighted by molar-refractivity contribution is 0.117. The average Bonchev–Trinajstić information content (AvgIpc) is 2.82. The van der Waals surface area contributed by atoms with Gasteiger partial charge < -0.3 is 9.72 Å². The van der Waals surface area contributed by atoms with Gasteiger partial charge in [-0.1, -0.05) is 0 Å². The Morgan fingerprint density at radius 2 is 2.44 bits per heavy atom. The Labute approximate surface area is 102 Å². The highest BCUT2D eigenvalue weighted by molar-refractivity contribution is 9.10. The lowest BCUT2D eigenvalue weighted by atomic mass is 10.0. The summed E-state index contributed by atoms with van der Waals surface area (Å²) in [5.74, 6) is 1.36. The van der Waals surface area contributed by atoms with Gasteiger partial charge in [0.05, 0.1) is 11.6 Å². The molecule has 16 heavy (non-hydrogen) atoms. The molecule has 2 aromatic heterocycles. The minimum absolute atomic E-state index is 0.240. The van der Waals surface area contributed by atoms with Crippen LogP contribution in [0.4, 0.5) is 0 Å². The molecule has 0 saturated carbocycles. The van der Waals surface area contributed by atoms with Crippen molar-refractivity contribution in [1.29, 1.82) is 0 Å². The number of aromatic nitrogens is 3. The van der Waals surface area contributed by atoms with E-state index < -0.39 is 0 Å². The zero-order valence-corrected chi connectivity index (χ0v) is 10.5. The van der Waals surface area contributed by atoms with Crippen molar-refractivity contribution in [3.63, 3.8) is 0 Å². The van der Waals surface area contributed by atoms with Crippen molar-refractivity contribution in [2.75, 3.05) is 6.61 Å². The monoisotopic (exact) mass is 281 g/mol. The second-order valence-electron chi connectivity index (χ2n) is 4.12. The van der Waals surface area contributed by atoms with Crippen LogP contribution in [0.15, 0.2) is 16.7 Å². The van der Waals surface area contributed by atoms with Crippen LogP contribution >= 0.6 is 15.9 Å². The van der Waals surface area contributed by atoms with E-state index in [1.807, 2.05) is 6.07 Å². The number of nitrogens with one attached hydrogen (secondary N) is 1. The fourth-order valence-electron chi connectivity index (χ4n) is 2.16. The van der Waals surface area contributed by atoms with Gasteiger partial charge in [-0.05, 0) is 35.3 Å². The fourth-order valence-corrected chi connectivity index (χ4v) is 2.49. The third kappa shape index (κ3) is 1.64. The Kier molecular flexibility index (Phi) is 2.44. The molecule has 1 saturated heterocycles. The fraction of sp³-hybridized carbons (Fsp3) is 0.455. The van der Waals surface area contributed by atoms with Crippen LogP contribution in [0.1, 0.15) is 25.1 Å². The zero-order chi connectivity index (χ0) is 11.1. The molecule has 84 valence electrons. The summed E-state index contributed by atoms with van der Waals surface area (Å²) in [4.78, 5) is 12.1. The van der Waals surface area contributed by atoms with Gasteiger partial charge in [0.15, 0.2) is 5.65 Å². The van der Waals surface area contributed by atoms with E-state index >= 15 is 0 Å². The molecule has 1 fully saturated rings. The van der Waals surface area contributed by atoms with Gasteiger partial charge in [0.2, 0.25) is 0 Å². The number of hydrogen-bond donors (Lipinski definition) is 1. The average molecular weight is 282 g/mol. The zero-order valence-electron chi connectivity index (χ0n) is 8.90. The van der Waals surface area contributed by atoms with Crippen LogP contribution in [-0.2, 0) is 4.74 Å². The molecular formula is C11H12BrN3O. The Morgan fingerprint density at radius 1 is 1.56 bits per heavy atom. The lowest BCUT2D eigenvalue weighted by Gasteiger charge is -2.09. The van der Waals surface area contributed by atoms with E-state index in [4.69, 9.17) is 4.74 Å². The number of nitrogens with zero attached hydrogens (tertiary/aromatic N) is 2. The van der Waals surface area contributed by atoms with Crippen molar-refractivity contribution in [2.24, 2.45) is 0 Å². The maximum absolute atomic E-state index is 5.55. The summed E-state index contributed by atoms with van der Waals surface area (Å²) in [6, 6.07) is 2.00. The molecular weight excluding hydrogens is 270 g/mol. The van der Waals surface area contributed by atoms with Gasteiger partial charge in [-0.3, -0.25) is 0 Å². The van der Waals surface area contributed by atoms with Crippen molar-refractivity contribution >= 4 is 27.1 Å². The minimum Gasteiger partial charge on any atom is -0.378 e. The van der Waals surface area contributed by atoms with Crippen molar-refractivity contribution in [2.45, 2.75) is 25.4 Å². The molecule has 1 aliphatic rings. The molecule has 0 spiro atoms. The standard InChI is InChI=1S/C11H12BrN3O/c1-6-8(2-3-16-6)10-14-9-4-7(12)5-13-11(9)15-10/h4-6,8H,2-3H2,1H3,(H,13,14,15). The first kappa shape index (κ1) is 10.2. The Morgan fingerprint density at radius 3 is 3.19 bits per heavy atom. The third-order valence-corrected chi connectivity index (χ3v) is 3.48. The molecule has 4 nitrogen and oxygen atoms in total.